The van der Waals surface area contributed by atoms with Gasteiger partial charge in [-0.25, -0.2) is 9.13 Å². The van der Waals surface area contributed by atoms with Gasteiger partial charge in [-0.1, -0.05) is 344 Å². The number of ether oxygens (including phenoxy) is 4. The number of hydrogen-bond acceptors (Lipinski definition) is 15. The Morgan fingerprint density at radius 3 is 0.732 bits per heavy atom. The molecular weight excluding hydrogens is 1270 g/mol. The Kier molecular flexibility index (Phi) is 65.9. The fourth-order valence-electron chi connectivity index (χ4n) is 11.8. The topological polar surface area (TPSA) is 237 Å². The third kappa shape index (κ3) is 68.3. The molecule has 17 nitrogen and oxygen atoms in total. The average Bonchev–Trinajstić information content (AvgIpc) is 1.05. The minimum Gasteiger partial charge on any atom is -0.462 e. The van der Waals surface area contributed by atoms with Gasteiger partial charge in [-0.15, -0.1) is 0 Å². The fourth-order valence-corrected chi connectivity index (χ4v) is 13.4. The molecule has 5 unspecified atom stereocenters. The summed E-state index contributed by atoms with van der Waals surface area (Å²) < 4.78 is 68.6. The normalized spacial score (nSPS) is 14.9. The molecule has 0 aromatic heterocycles. The Labute approximate surface area is 594 Å². The molecule has 576 valence electrons. The van der Waals surface area contributed by atoms with Crippen molar-refractivity contribution in [1.29, 1.82) is 0 Å². The van der Waals surface area contributed by atoms with Crippen molar-refractivity contribution in [3.05, 3.63) is 0 Å². The summed E-state index contributed by atoms with van der Waals surface area (Å²) >= 11 is 0. The standard InChI is InChI=1S/C78H152O17P2/c1-9-69(6)55-47-39-31-25-21-17-13-15-19-23-27-34-44-52-60-77(82)94-73(64-88-75(80)58-50-42-33-26-22-18-14-12-16-20-24-30-38-46-54-68(4)5)66-92-96(84,85)90-62-72(79)63-91-97(86,87)93-67-74(65-89-76(81)59-51-43-37-36-41-49-57-71(8)11-3)95-78(83)61-53-45-35-29-28-32-40-48-56-70(7)10-2/h68-74,79H,9-67H2,1-8H3,(H,84,85)(H,86,87)/t69?,70?,71?,72-,73-,74-/m1/s1. The van der Waals surface area contributed by atoms with E-state index in [1.165, 1.54) is 193 Å². The van der Waals surface area contributed by atoms with Crippen LogP contribution in [0.2, 0.25) is 0 Å². The van der Waals surface area contributed by atoms with E-state index in [2.05, 4.69) is 55.4 Å². The zero-order valence-corrected chi connectivity index (χ0v) is 65.5. The van der Waals surface area contributed by atoms with Crippen LogP contribution in [0.5, 0.6) is 0 Å². The number of unbranched alkanes of at least 4 members (excludes halogenated alkanes) is 38. The van der Waals surface area contributed by atoms with E-state index in [0.717, 1.165) is 120 Å². The summed E-state index contributed by atoms with van der Waals surface area (Å²) in [6.45, 7) is 14.3. The Morgan fingerprint density at radius 2 is 0.495 bits per heavy atom. The first-order valence-corrected chi connectivity index (χ1v) is 43.3. The average molecular weight is 1420 g/mol. The van der Waals surface area contributed by atoms with Gasteiger partial charge in [-0.05, 0) is 49.4 Å². The molecule has 8 atom stereocenters. The van der Waals surface area contributed by atoms with Crippen molar-refractivity contribution in [3.63, 3.8) is 0 Å². The first kappa shape index (κ1) is 95.1. The third-order valence-corrected chi connectivity index (χ3v) is 21.1. The van der Waals surface area contributed by atoms with Crippen molar-refractivity contribution in [2.24, 2.45) is 23.7 Å². The second-order valence-electron chi connectivity index (χ2n) is 29.3. The molecule has 0 saturated heterocycles. The number of phosphoric ester groups is 2. The lowest BCUT2D eigenvalue weighted by molar-refractivity contribution is -0.161. The van der Waals surface area contributed by atoms with E-state index in [1.54, 1.807) is 0 Å². The van der Waals surface area contributed by atoms with Crippen LogP contribution in [0.1, 0.15) is 396 Å². The molecule has 0 radical (unpaired) electrons. The van der Waals surface area contributed by atoms with Crippen molar-refractivity contribution in [2.75, 3.05) is 39.6 Å². The monoisotopic (exact) mass is 1420 g/mol. The van der Waals surface area contributed by atoms with E-state index in [-0.39, 0.29) is 25.7 Å². The molecule has 0 aliphatic rings. The van der Waals surface area contributed by atoms with Crippen molar-refractivity contribution >= 4 is 39.5 Å². The van der Waals surface area contributed by atoms with Gasteiger partial charge in [-0.3, -0.25) is 37.3 Å². The molecule has 0 aromatic carbocycles. The molecule has 0 aliphatic heterocycles. The zero-order chi connectivity index (χ0) is 71.7. The molecule has 3 N–H and O–H groups in total. The molecule has 0 aromatic rings. The van der Waals surface area contributed by atoms with Gasteiger partial charge in [0.2, 0.25) is 0 Å². The van der Waals surface area contributed by atoms with Crippen LogP contribution in [-0.4, -0.2) is 96.7 Å². The Hall–Kier alpha value is -1.94. The highest BCUT2D eigenvalue weighted by Crippen LogP contribution is 2.45. The maximum absolute atomic E-state index is 13.1. The Balaban J connectivity index is 5.25. The minimum absolute atomic E-state index is 0.104. The molecule has 0 aliphatic carbocycles. The van der Waals surface area contributed by atoms with E-state index < -0.39 is 97.5 Å². The molecular formula is C78H152O17P2. The van der Waals surface area contributed by atoms with E-state index in [0.29, 0.717) is 25.7 Å². The summed E-state index contributed by atoms with van der Waals surface area (Å²) in [7, 11) is -9.92. The van der Waals surface area contributed by atoms with Crippen molar-refractivity contribution in [3.8, 4) is 0 Å². The molecule has 0 rings (SSSR count). The molecule has 97 heavy (non-hydrogen) atoms. The molecule has 19 heteroatoms. The van der Waals surface area contributed by atoms with Gasteiger partial charge in [0.05, 0.1) is 26.4 Å². The van der Waals surface area contributed by atoms with Crippen LogP contribution in [0, 0.1) is 23.7 Å². The summed E-state index contributed by atoms with van der Waals surface area (Å²) in [6.07, 6.45) is 52.6. The highest BCUT2D eigenvalue weighted by atomic mass is 31.2. The number of rotatable bonds is 75. The number of aliphatic hydroxyl groups excluding tert-OH is 1. The lowest BCUT2D eigenvalue weighted by atomic mass is 9.99. The molecule has 0 amide bonds. The predicted octanol–water partition coefficient (Wildman–Crippen LogP) is 22.8. The quantitative estimate of drug-likeness (QED) is 0.0222. The maximum Gasteiger partial charge on any atom is 0.472 e. The van der Waals surface area contributed by atoms with Crippen LogP contribution in [-0.2, 0) is 65.4 Å². The van der Waals surface area contributed by atoms with E-state index in [4.69, 9.17) is 37.0 Å². The van der Waals surface area contributed by atoms with Crippen molar-refractivity contribution in [1.82, 2.24) is 0 Å². The molecule has 0 bridgehead atoms. The van der Waals surface area contributed by atoms with Gasteiger partial charge in [0.1, 0.15) is 19.3 Å². The van der Waals surface area contributed by atoms with Gasteiger partial charge in [-0.2, -0.15) is 0 Å². The predicted molar refractivity (Wildman–Crippen MR) is 395 cm³/mol. The fraction of sp³-hybridized carbons (Fsp3) is 0.949. The van der Waals surface area contributed by atoms with Crippen LogP contribution in [0.25, 0.3) is 0 Å². The molecule has 0 heterocycles. The van der Waals surface area contributed by atoms with Gasteiger partial charge in [0.25, 0.3) is 0 Å². The SMILES string of the molecule is CCC(C)CCCCCCCCCCCCCCCCC(=O)O[C@H](COC(=O)CCCCCCCCCCCCCCCCC(C)C)COP(=O)(O)OC[C@@H](O)COP(=O)(O)OC[C@@H](COC(=O)CCCCCCCCC(C)CC)OC(=O)CCCCCCCCCCC(C)CC. The maximum atomic E-state index is 13.1. The summed E-state index contributed by atoms with van der Waals surface area (Å²) in [6, 6.07) is 0. The highest BCUT2D eigenvalue weighted by molar-refractivity contribution is 7.47. The van der Waals surface area contributed by atoms with Gasteiger partial charge < -0.3 is 33.8 Å². The lowest BCUT2D eigenvalue weighted by Crippen LogP contribution is -2.30. The Morgan fingerprint density at radius 1 is 0.289 bits per heavy atom. The number of aliphatic hydroxyl groups is 1. The summed E-state index contributed by atoms with van der Waals surface area (Å²) in [5, 5.41) is 10.6. The van der Waals surface area contributed by atoms with Crippen LogP contribution in [0.15, 0.2) is 0 Å². The second-order valence-corrected chi connectivity index (χ2v) is 32.2. The number of esters is 4. The first-order chi connectivity index (χ1) is 46.7. The van der Waals surface area contributed by atoms with Crippen LogP contribution in [0.4, 0.5) is 0 Å². The molecule has 0 spiro atoms. The summed E-state index contributed by atoms with van der Waals surface area (Å²) in [5.41, 5.74) is 0. The van der Waals surface area contributed by atoms with E-state index in [9.17, 15) is 43.2 Å². The smallest absolute Gasteiger partial charge is 0.462 e. The minimum atomic E-state index is -4.96. The summed E-state index contributed by atoms with van der Waals surface area (Å²) in [5.74, 6) is 1.03. The second kappa shape index (κ2) is 67.2. The number of phosphoric acid groups is 2. The number of carbonyl (C=O) groups is 4. The molecule has 0 saturated carbocycles. The highest BCUT2D eigenvalue weighted by Gasteiger charge is 2.30. The third-order valence-electron chi connectivity index (χ3n) is 19.2. The zero-order valence-electron chi connectivity index (χ0n) is 63.7. The molecule has 0 fully saturated rings. The van der Waals surface area contributed by atoms with Gasteiger partial charge in [0, 0.05) is 25.7 Å². The van der Waals surface area contributed by atoms with E-state index in [1.807, 2.05) is 0 Å². The number of carbonyl (C=O) groups excluding carboxylic acids is 4. The van der Waals surface area contributed by atoms with E-state index >= 15 is 0 Å². The lowest BCUT2D eigenvalue weighted by Gasteiger charge is -2.21. The Bertz CT molecular complexity index is 1910. The summed E-state index contributed by atoms with van der Waals surface area (Å²) in [4.78, 5) is 72.9. The number of hydrogen-bond donors (Lipinski definition) is 3. The largest absolute Gasteiger partial charge is 0.472 e. The first-order valence-electron chi connectivity index (χ1n) is 40.3. The van der Waals surface area contributed by atoms with Gasteiger partial charge in [0.15, 0.2) is 12.2 Å². The van der Waals surface area contributed by atoms with Crippen LogP contribution >= 0.6 is 15.6 Å². The van der Waals surface area contributed by atoms with Gasteiger partial charge >= 0.3 is 39.5 Å². The van der Waals surface area contributed by atoms with Crippen LogP contribution in [0.3, 0.4) is 0 Å². The van der Waals surface area contributed by atoms with Crippen molar-refractivity contribution < 1.29 is 80.2 Å². The van der Waals surface area contributed by atoms with Crippen LogP contribution < -0.4 is 0 Å². The van der Waals surface area contributed by atoms with Crippen molar-refractivity contribution in [2.45, 2.75) is 414 Å².